The number of alkyl halides is 3. The Morgan fingerprint density at radius 3 is 2.31 bits per heavy atom. The van der Waals surface area contributed by atoms with Crippen LogP contribution < -0.4 is 10.0 Å². The summed E-state index contributed by atoms with van der Waals surface area (Å²) in [7, 11) is -3.21. The minimum atomic E-state index is -5.08. The lowest BCUT2D eigenvalue weighted by Gasteiger charge is -2.21. The van der Waals surface area contributed by atoms with Gasteiger partial charge < -0.3 is 10.4 Å². The van der Waals surface area contributed by atoms with Gasteiger partial charge in [-0.05, 0) is 49.0 Å². The first-order chi connectivity index (χ1) is 11.9. The Bertz CT molecular complexity index is 770. The highest BCUT2D eigenvalue weighted by molar-refractivity contribution is 7.92. The third-order valence-electron chi connectivity index (χ3n) is 4.96. The average Bonchev–Trinajstić information content (AvgIpc) is 2.86. The molecule has 3 N–H and O–H groups in total. The van der Waals surface area contributed by atoms with Crippen LogP contribution >= 0.6 is 0 Å². The van der Waals surface area contributed by atoms with Gasteiger partial charge >= 0.3 is 12.1 Å². The second-order valence-corrected chi connectivity index (χ2v) is 8.27. The smallest absolute Gasteiger partial charge is 0.475 e. The lowest BCUT2D eigenvalue weighted by Crippen LogP contribution is -2.25. The van der Waals surface area contributed by atoms with Crippen molar-refractivity contribution in [2.24, 2.45) is 11.8 Å². The molecule has 0 amide bonds. The maximum absolute atomic E-state index is 11.3. The molecule has 1 heterocycles. The summed E-state index contributed by atoms with van der Waals surface area (Å²) < 4.78 is 56.9. The molecule has 0 radical (unpaired) electrons. The Labute approximate surface area is 149 Å². The van der Waals surface area contributed by atoms with E-state index in [9.17, 15) is 21.6 Å². The van der Waals surface area contributed by atoms with Crippen molar-refractivity contribution in [3.05, 3.63) is 29.8 Å². The van der Waals surface area contributed by atoms with Gasteiger partial charge in [0.15, 0.2) is 0 Å². The predicted octanol–water partition coefficient (Wildman–Crippen LogP) is 2.19. The fourth-order valence-electron chi connectivity index (χ4n) is 3.89. The lowest BCUT2D eigenvalue weighted by molar-refractivity contribution is -0.192. The molecule has 3 atom stereocenters. The molecule has 3 rings (SSSR count). The van der Waals surface area contributed by atoms with Crippen LogP contribution in [0.1, 0.15) is 18.9 Å². The minimum Gasteiger partial charge on any atom is -0.475 e. The van der Waals surface area contributed by atoms with Crippen molar-refractivity contribution in [1.82, 2.24) is 5.32 Å². The molecule has 0 aromatic heterocycles. The van der Waals surface area contributed by atoms with Gasteiger partial charge in [0.1, 0.15) is 0 Å². The number of hydrogen-bond donors (Lipinski definition) is 3. The normalized spacial score (nSPS) is 27.1. The zero-order valence-corrected chi connectivity index (χ0v) is 15.1. The summed E-state index contributed by atoms with van der Waals surface area (Å²) in [6.07, 6.45) is -2.78. The van der Waals surface area contributed by atoms with Gasteiger partial charge in [-0.15, -0.1) is 0 Å². The van der Waals surface area contributed by atoms with Crippen LogP contribution in [-0.4, -0.2) is 45.0 Å². The van der Waals surface area contributed by atoms with Crippen LogP contribution in [0.2, 0.25) is 0 Å². The summed E-state index contributed by atoms with van der Waals surface area (Å²) in [5, 5.41) is 10.5. The molecule has 2 aliphatic rings. The van der Waals surface area contributed by atoms with E-state index < -0.39 is 22.2 Å². The number of benzene rings is 1. The standard InChI is InChI=1S/C14H20N2O2S.C2HF3O2/c1-3-14(12-8-15-9-13(12)14)10-5-4-6-11(7-10)16-19(2,17)18;3-2(4,5)1(6)7/h4-7,12-13,15-16H,3,8-9H2,1-2H3;(H,6,7)/t12-,13+,14?;. The molecule has 1 aromatic rings. The van der Waals surface area contributed by atoms with Crippen molar-refractivity contribution in [3.63, 3.8) is 0 Å². The van der Waals surface area contributed by atoms with Gasteiger partial charge in [0.2, 0.25) is 10.0 Å². The van der Waals surface area contributed by atoms with E-state index in [-0.39, 0.29) is 5.41 Å². The summed E-state index contributed by atoms with van der Waals surface area (Å²) in [4.78, 5) is 8.90. The molecule has 26 heavy (non-hydrogen) atoms. The summed E-state index contributed by atoms with van der Waals surface area (Å²) in [6.45, 7) is 4.40. The molecule has 0 bridgehead atoms. The minimum absolute atomic E-state index is 0.264. The second kappa shape index (κ2) is 7.07. The Hall–Kier alpha value is -1.81. The SMILES string of the molecule is CCC1(c2cccc(NS(C)(=O)=O)c2)[C@@H]2CNC[C@@H]21.O=C(O)C(F)(F)F. The van der Waals surface area contributed by atoms with E-state index in [0.717, 1.165) is 19.5 Å². The summed E-state index contributed by atoms with van der Waals surface area (Å²) in [5.41, 5.74) is 2.21. The number of rotatable bonds is 4. The monoisotopic (exact) mass is 394 g/mol. The first-order valence-electron chi connectivity index (χ1n) is 8.01. The molecule has 146 valence electrons. The van der Waals surface area contributed by atoms with Crippen LogP contribution in [0.25, 0.3) is 0 Å². The van der Waals surface area contributed by atoms with Gasteiger partial charge in [-0.25, -0.2) is 13.2 Å². The van der Waals surface area contributed by atoms with Crippen molar-refractivity contribution in [2.75, 3.05) is 24.1 Å². The Morgan fingerprint density at radius 2 is 1.88 bits per heavy atom. The predicted molar refractivity (Wildman–Crippen MR) is 90.4 cm³/mol. The molecule has 1 aliphatic heterocycles. The van der Waals surface area contributed by atoms with Crippen LogP contribution in [0, 0.1) is 11.8 Å². The van der Waals surface area contributed by atoms with Crippen molar-refractivity contribution < 1.29 is 31.5 Å². The van der Waals surface area contributed by atoms with Gasteiger partial charge in [-0.3, -0.25) is 4.72 Å². The number of carboxylic acid groups (broad SMARTS) is 1. The number of aliphatic carboxylic acids is 1. The third-order valence-corrected chi connectivity index (χ3v) is 5.57. The lowest BCUT2D eigenvalue weighted by atomic mass is 9.87. The Morgan fingerprint density at radius 1 is 1.35 bits per heavy atom. The molecule has 1 saturated carbocycles. The van der Waals surface area contributed by atoms with E-state index in [2.05, 4.69) is 23.0 Å². The molecule has 6 nitrogen and oxygen atoms in total. The third kappa shape index (κ3) is 4.29. The van der Waals surface area contributed by atoms with Crippen LogP contribution in [0.15, 0.2) is 24.3 Å². The largest absolute Gasteiger partial charge is 0.490 e. The van der Waals surface area contributed by atoms with E-state index in [1.807, 2.05) is 18.2 Å². The zero-order chi connectivity index (χ0) is 19.8. The molecular formula is C16H21F3N2O4S. The van der Waals surface area contributed by atoms with E-state index >= 15 is 0 Å². The van der Waals surface area contributed by atoms with Crippen LogP contribution in [0.5, 0.6) is 0 Å². The summed E-state index contributed by atoms with van der Waals surface area (Å²) in [6, 6.07) is 7.89. The van der Waals surface area contributed by atoms with Crippen molar-refractivity contribution in [3.8, 4) is 0 Å². The number of anilines is 1. The first-order valence-corrected chi connectivity index (χ1v) is 9.90. The maximum atomic E-state index is 11.3. The highest BCUT2D eigenvalue weighted by atomic mass is 32.2. The van der Waals surface area contributed by atoms with Gasteiger partial charge in [-0.2, -0.15) is 13.2 Å². The quantitative estimate of drug-likeness (QED) is 0.728. The van der Waals surface area contributed by atoms with Gasteiger partial charge in [-0.1, -0.05) is 19.1 Å². The zero-order valence-electron chi connectivity index (χ0n) is 14.3. The van der Waals surface area contributed by atoms with E-state index in [0.29, 0.717) is 17.5 Å². The van der Waals surface area contributed by atoms with Crippen LogP contribution in [0.3, 0.4) is 0 Å². The molecule has 1 aromatic carbocycles. The number of sulfonamides is 1. The number of carbonyl (C=O) groups is 1. The maximum Gasteiger partial charge on any atom is 0.490 e. The van der Waals surface area contributed by atoms with Gasteiger partial charge in [0.25, 0.3) is 0 Å². The highest BCUT2D eigenvalue weighted by Gasteiger charge is 2.65. The number of nitrogens with one attached hydrogen (secondary N) is 2. The van der Waals surface area contributed by atoms with Crippen molar-refractivity contribution >= 4 is 21.7 Å². The molecule has 1 saturated heterocycles. The molecule has 2 fully saturated rings. The van der Waals surface area contributed by atoms with Crippen LogP contribution in [0.4, 0.5) is 18.9 Å². The fraction of sp³-hybridized carbons (Fsp3) is 0.562. The molecule has 10 heteroatoms. The number of piperidine rings is 1. The van der Waals surface area contributed by atoms with E-state index in [1.165, 1.54) is 11.8 Å². The number of hydrogen-bond acceptors (Lipinski definition) is 4. The highest BCUT2D eigenvalue weighted by Crippen LogP contribution is 2.63. The van der Waals surface area contributed by atoms with E-state index in [1.54, 1.807) is 0 Å². The summed E-state index contributed by atoms with van der Waals surface area (Å²) >= 11 is 0. The van der Waals surface area contributed by atoms with Crippen molar-refractivity contribution in [2.45, 2.75) is 24.9 Å². The van der Waals surface area contributed by atoms with Crippen LogP contribution in [-0.2, 0) is 20.2 Å². The van der Waals surface area contributed by atoms with Crippen molar-refractivity contribution in [1.29, 1.82) is 0 Å². The number of carboxylic acids is 1. The molecule has 1 unspecified atom stereocenters. The molecular weight excluding hydrogens is 373 g/mol. The second-order valence-electron chi connectivity index (χ2n) is 6.52. The Balaban J connectivity index is 0.000000298. The fourth-order valence-corrected chi connectivity index (χ4v) is 4.45. The number of halogens is 3. The molecule has 1 aliphatic carbocycles. The molecule has 0 spiro atoms. The number of fused-ring (bicyclic) bond motifs is 1. The van der Waals surface area contributed by atoms with E-state index in [4.69, 9.17) is 9.90 Å². The first kappa shape index (κ1) is 20.5. The van der Waals surface area contributed by atoms with Gasteiger partial charge in [0.05, 0.1) is 6.26 Å². The average molecular weight is 394 g/mol. The Kier molecular flexibility index (Phi) is 5.57. The summed E-state index contributed by atoms with van der Waals surface area (Å²) in [5.74, 6) is -1.33. The topological polar surface area (TPSA) is 95.5 Å². The van der Waals surface area contributed by atoms with Gasteiger partial charge in [0, 0.05) is 11.1 Å².